The minimum atomic E-state index is -3.59. The van der Waals surface area contributed by atoms with Crippen molar-refractivity contribution in [3.8, 4) is 0 Å². The first-order valence-corrected chi connectivity index (χ1v) is 20.1. The van der Waals surface area contributed by atoms with Crippen LogP contribution in [0.5, 0.6) is 0 Å². The van der Waals surface area contributed by atoms with E-state index in [1.165, 1.54) is 13.2 Å². The molecule has 6 nitrogen and oxygen atoms in total. The summed E-state index contributed by atoms with van der Waals surface area (Å²) >= 11 is -3.59. The van der Waals surface area contributed by atoms with Crippen molar-refractivity contribution in [2.45, 2.75) is 84.6 Å². The van der Waals surface area contributed by atoms with Crippen molar-refractivity contribution in [2.75, 3.05) is 14.2 Å². The van der Waals surface area contributed by atoms with Gasteiger partial charge in [0.1, 0.15) is 0 Å². The fourth-order valence-corrected chi connectivity index (χ4v) is 18.9. The van der Waals surface area contributed by atoms with Crippen molar-refractivity contribution in [1.82, 2.24) is 5.32 Å². The number of halogens is 1. The van der Waals surface area contributed by atoms with Crippen molar-refractivity contribution < 1.29 is 28.2 Å². The summed E-state index contributed by atoms with van der Waals surface area (Å²) in [6.45, 7) is 6.27. The number of amides is 1. The zero-order chi connectivity index (χ0) is 26.3. The van der Waals surface area contributed by atoms with Gasteiger partial charge in [0.25, 0.3) is 0 Å². The second-order valence-electron chi connectivity index (χ2n) is 9.12. The van der Waals surface area contributed by atoms with Crippen LogP contribution in [-0.4, -0.2) is 56.0 Å². The van der Waals surface area contributed by atoms with E-state index in [-0.39, 0.29) is 9.41 Å². The Hall–Kier alpha value is -1.90. The molecule has 0 fully saturated rings. The Kier molecular flexibility index (Phi) is 14.2. The van der Waals surface area contributed by atoms with Crippen LogP contribution < -0.4 is 5.32 Å². The zero-order valence-corrected chi connectivity index (χ0v) is 24.8. The predicted octanol–water partition coefficient (Wildman–Crippen LogP) is 6.13. The van der Waals surface area contributed by atoms with Gasteiger partial charge in [-0.1, -0.05) is 0 Å². The van der Waals surface area contributed by atoms with Crippen molar-refractivity contribution in [3.05, 3.63) is 45.8 Å². The van der Waals surface area contributed by atoms with E-state index in [1.807, 2.05) is 0 Å². The fourth-order valence-electron chi connectivity index (χ4n) is 4.31. The Labute approximate surface area is 213 Å². The molecule has 0 unspecified atom stereocenters. The number of ether oxygens (including phenoxy) is 2. The molecule has 0 aromatic heterocycles. The maximum atomic E-state index is 16.5. The fraction of sp³-hybridized carbons (Fsp3) is 0.593. The number of benzene rings is 1. The van der Waals surface area contributed by atoms with Crippen LogP contribution in [0.4, 0.5) is 4.39 Å². The van der Waals surface area contributed by atoms with E-state index in [9.17, 15) is 14.4 Å². The van der Waals surface area contributed by atoms with Gasteiger partial charge >= 0.3 is 214 Å². The summed E-state index contributed by atoms with van der Waals surface area (Å²) in [4.78, 5) is 38.6. The zero-order valence-electron chi connectivity index (χ0n) is 22.0. The molecule has 0 heterocycles. The van der Waals surface area contributed by atoms with Crippen molar-refractivity contribution in [1.29, 1.82) is 0 Å². The van der Waals surface area contributed by atoms with Crippen molar-refractivity contribution in [3.63, 3.8) is 0 Å². The number of methoxy groups -OCH3 is 2. The van der Waals surface area contributed by atoms with Gasteiger partial charge in [0.15, 0.2) is 0 Å². The molecule has 1 aromatic rings. The number of rotatable bonds is 16. The molecule has 1 rings (SSSR count). The third-order valence-electron chi connectivity index (χ3n) is 6.48. The number of carbonyl (C=O) groups excluding carboxylic acids is 3. The molecule has 1 aromatic carbocycles. The molecule has 0 aliphatic carbocycles. The average molecular weight is 598 g/mol. The van der Waals surface area contributed by atoms with Crippen molar-refractivity contribution >= 4 is 36.2 Å². The van der Waals surface area contributed by atoms with Crippen LogP contribution in [0.3, 0.4) is 0 Å². The second-order valence-corrected chi connectivity index (χ2v) is 22.1. The van der Waals surface area contributed by atoms with Crippen LogP contribution in [0, 0.1) is 0 Å². The molecule has 35 heavy (non-hydrogen) atoms. The van der Waals surface area contributed by atoms with Gasteiger partial charge in [0.05, 0.1) is 0 Å². The average Bonchev–Trinajstić information content (AvgIpc) is 2.88. The second kappa shape index (κ2) is 16.0. The molecule has 0 saturated heterocycles. The molecule has 196 valence electrons. The van der Waals surface area contributed by atoms with Gasteiger partial charge in [-0.3, -0.25) is 0 Å². The maximum absolute atomic E-state index is 16.5. The Balaban J connectivity index is 3.68. The third-order valence-corrected chi connectivity index (χ3v) is 21.0. The van der Waals surface area contributed by atoms with E-state index in [0.717, 1.165) is 58.9 Å². The first-order chi connectivity index (χ1) is 16.7. The minimum absolute atomic E-state index is 0.280. The molecule has 0 aliphatic heterocycles. The van der Waals surface area contributed by atoms with Gasteiger partial charge in [0.2, 0.25) is 0 Å². The Bertz CT molecular complexity index is 823. The first-order valence-electron chi connectivity index (χ1n) is 12.7. The predicted molar refractivity (Wildman–Crippen MR) is 139 cm³/mol. The van der Waals surface area contributed by atoms with Crippen LogP contribution >= 0.6 is 0 Å². The third kappa shape index (κ3) is 9.24. The molecule has 0 bridgehead atoms. The van der Waals surface area contributed by atoms with Crippen LogP contribution in [-0.2, 0) is 19.1 Å². The number of carbonyl (C=O) groups is 3. The van der Waals surface area contributed by atoms with E-state index >= 15 is 4.39 Å². The Morgan fingerprint density at radius 1 is 0.914 bits per heavy atom. The SMILES string of the molecule is CCC[CH2][Sn]([CH2]CCC)([CH2]CCC)/[C](F)=C/[C@@](CC(=O)OC)(NC(=O)c1ccccc1)C(=O)OC. The van der Waals surface area contributed by atoms with Crippen molar-refractivity contribution in [2.24, 2.45) is 0 Å². The molecule has 0 saturated carbocycles. The van der Waals surface area contributed by atoms with Gasteiger partial charge in [-0.25, -0.2) is 0 Å². The number of nitrogens with one attached hydrogen (secondary N) is 1. The summed E-state index contributed by atoms with van der Waals surface area (Å²) < 4.78 is 28.6. The van der Waals surface area contributed by atoms with Gasteiger partial charge in [-0.15, -0.1) is 0 Å². The topological polar surface area (TPSA) is 81.7 Å². The normalized spacial score (nSPS) is 13.6. The number of hydrogen-bond donors (Lipinski definition) is 1. The van der Waals surface area contributed by atoms with E-state index in [2.05, 4.69) is 26.1 Å². The van der Waals surface area contributed by atoms with Crippen LogP contribution in [0.1, 0.15) is 76.1 Å². The van der Waals surface area contributed by atoms with Gasteiger partial charge in [-0.05, 0) is 0 Å². The molecule has 0 aliphatic rings. The van der Waals surface area contributed by atoms with Crippen LogP contribution in [0.25, 0.3) is 0 Å². The monoisotopic (exact) mass is 599 g/mol. The first kappa shape index (κ1) is 31.1. The summed E-state index contributed by atoms with van der Waals surface area (Å²) in [6.07, 6.45) is 6.28. The molecular weight excluding hydrogens is 556 g/mol. The summed E-state index contributed by atoms with van der Waals surface area (Å²) in [6, 6.07) is 8.31. The molecule has 0 radical (unpaired) electrons. The molecule has 8 heteroatoms. The van der Waals surface area contributed by atoms with E-state index in [1.54, 1.807) is 30.3 Å². The number of hydrogen-bond acceptors (Lipinski definition) is 5. The number of unbranched alkanes of at least 4 members (excludes halogenated alkanes) is 3. The molecule has 1 N–H and O–H groups in total. The summed E-state index contributed by atoms with van der Waals surface area (Å²) in [5.74, 6) is -2.24. The summed E-state index contributed by atoms with van der Waals surface area (Å²) in [5, 5.41) is 2.64. The Morgan fingerprint density at radius 2 is 1.43 bits per heavy atom. The van der Waals surface area contributed by atoms with Crippen LogP contribution in [0.15, 0.2) is 40.3 Å². The molecular formula is C27H42FNO5Sn. The van der Waals surface area contributed by atoms with E-state index in [4.69, 9.17) is 9.47 Å². The summed E-state index contributed by atoms with van der Waals surface area (Å²) in [7, 11) is 2.35. The molecule has 1 atom stereocenters. The standard InChI is InChI=1S/C15H15FNO5.3C4H9.Sn/c1-21-12(18)10-15(8-9-16,14(20)22-2)17-13(19)11-6-4-3-5-7-11;3*1-3-4-2;/h3-8H,10H2,1-2H3,(H,17,19);3*1,3-4H2,2H3;/t15-;;;;/m0..../s1. The Morgan fingerprint density at radius 3 is 1.86 bits per heavy atom. The van der Waals surface area contributed by atoms with Gasteiger partial charge < -0.3 is 0 Å². The van der Waals surface area contributed by atoms with Gasteiger partial charge in [0, 0.05) is 0 Å². The van der Waals surface area contributed by atoms with E-state index < -0.39 is 48.2 Å². The summed E-state index contributed by atoms with van der Waals surface area (Å²) in [5.41, 5.74) is -1.71. The molecule has 1 amide bonds. The quantitative estimate of drug-likeness (QED) is 0.183. The molecule has 0 spiro atoms. The van der Waals surface area contributed by atoms with Gasteiger partial charge in [-0.2, -0.15) is 0 Å². The van der Waals surface area contributed by atoms with Crippen LogP contribution in [0.2, 0.25) is 13.3 Å². The number of esters is 2. The van der Waals surface area contributed by atoms with E-state index in [0.29, 0.717) is 0 Å².